The Morgan fingerprint density at radius 1 is 1.21 bits per heavy atom. The molecule has 0 atom stereocenters. The normalized spacial score (nSPS) is 17.2. The number of rotatable bonds is 4. The lowest BCUT2D eigenvalue weighted by atomic mass is 10.0. The minimum absolute atomic E-state index is 0.233. The van der Waals surface area contributed by atoms with Crippen LogP contribution in [0, 0.1) is 0 Å². The fourth-order valence-electron chi connectivity index (χ4n) is 2.30. The van der Waals surface area contributed by atoms with Crippen molar-refractivity contribution in [2.75, 3.05) is 6.54 Å². The number of hydrogen-bond acceptors (Lipinski definition) is 2. The van der Waals surface area contributed by atoms with Crippen LogP contribution in [0.3, 0.4) is 0 Å². The maximum absolute atomic E-state index is 11.6. The Morgan fingerprint density at radius 2 is 1.84 bits per heavy atom. The van der Waals surface area contributed by atoms with Crippen molar-refractivity contribution in [3.05, 3.63) is 34.3 Å². The lowest BCUT2D eigenvalue weighted by Gasteiger charge is -2.22. The molecule has 0 unspecified atom stereocenters. The monoisotopic (exact) mass is 326 g/mol. The number of halogens is 1. The molecule has 4 nitrogen and oxygen atoms in total. The van der Waals surface area contributed by atoms with Gasteiger partial charge in [-0.3, -0.25) is 0 Å². The molecule has 0 heterocycles. The standard InChI is InChI=1S/C14H19BrN2O2/c15-12-5-3-11(4-6-12)9-16-13(18)17-10-14(19)7-1-2-8-14/h3-6,19H,1-2,7-10H2,(H2,16,17,18). The van der Waals surface area contributed by atoms with E-state index in [1.165, 1.54) is 0 Å². The molecule has 0 saturated heterocycles. The number of carbonyl (C=O) groups is 1. The van der Waals surface area contributed by atoms with Gasteiger partial charge in [0.25, 0.3) is 0 Å². The summed E-state index contributed by atoms with van der Waals surface area (Å²) in [5.74, 6) is 0. The number of aliphatic hydroxyl groups is 1. The topological polar surface area (TPSA) is 61.4 Å². The minimum atomic E-state index is -0.699. The first kappa shape index (κ1) is 14.3. The summed E-state index contributed by atoms with van der Waals surface area (Å²) in [6.07, 6.45) is 3.64. The summed E-state index contributed by atoms with van der Waals surface area (Å²) in [6.45, 7) is 0.816. The van der Waals surface area contributed by atoms with E-state index in [9.17, 15) is 9.90 Å². The van der Waals surface area contributed by atoms with Crippen LogP contribution >= 0.6 is 15.9 Å². The second-order valence-corrected chi connectivity index (χ2v) is 6.01. The van der Waals surface area contributed by atoms with Crippen molar-refractivity contribution < 1.29 is 9.90 Å². The molecule has 0 radical (unpaired) electrons. The third kappa shape index (κ3) is 4.51. The molecule has 1 aromatic carbocycles. The fourth-order valence-corrected chi connectivity index (χ4v) is 2.57. The fraction of sp³-hybridized carbons (Fsp3) is 0.500. The van der Waals surface area contributed by atoms with Gasteiger partial charge in [-0.2, -0.15) is 0 Å². The van der Waals surface area contributed by atoms with E-state index in [2.05, 4.69) is 26.6 Å². The third-order valence-corrected chi connectivity index (χ3v) is 4.01. The van der Waals surface area contributed by atoms with E-state index in [1.807, 2.05) is 24.3 Å². The number of amides is 2. The largest absolute Gasteiger partial charge is 0.388 e. The zero-order valence-corrected chi connectivity index (χ0v) is 12.4. The van der Waals surface area contributed by atoms with E-state index < -0.39 is 5.60 Å². The third-order valence-electron chi connectivity index (χ3n) is 3.48. The van der Waals surface area contributed by atoms with Crippen LogP contribution in [0.25, 0.3) is 0 Å². The first-order valence-corrected chi connectivity index (χ1v) is 7.35. The molecule has 2 rings (SSSR count). The van der Waals surface area contributed by atoms with Crippen molar-refractivity contribution in [2.24, 2.45) is 0 Å². The lowest BCUT2D eigenvalue weighted by molar-refractivity contribution is 0.0501. The maximum Gasteiger partial charge on any atom is 0.315 e. The molecule has 0 aromatic heterocycles. The zero-order valence-electron chi connectivity index (χ0n) is 10.8. The molecule has 5 heteroatoms. The average Bonchev–Trinajstić information content (AvgIpc) is 2.83. The predicted molar refractivity (Wildman–Crippen MR) is 77.8 cm³/mol. The molecular formula is C14H19BrN2O2. The van der Waals surface area contributed by atoms with Crippen molar-refractivity contribution in [1.29, 1.82) is 0 Å². The minimum Gasteiger partial charge on any atom is -0.388 e. The summed E-state index contributed by atoms with van der Waals surface area (Å²) in [4.78, 5) is 11.6. The molecule has 1 fully saturated rings. The van der Waals surface area contributed by atoms with Crippen LogP contribution in [0.1, 0.15) is 31.2 Å². The second kappa shape index (κ2) is 6.39. The predicted octanol–water partition coefficient (Wildman–Crippen LogP) is 2.55. The Morgan fingerprint density at radius 3 is 2.47 bits per heavy atom. The average molecular weight is 327 g/mol. The molecule has 1 aromatic rings. The smallest absolute Gasteiger partial charge is 0.315 e. The van der Waals surface area contributed by atoms with Crippen LogP contribution in [0.5, 0.6) is 0 Å². The van der Waals surface area contributed by atoms with Gasteiger partial charge in [-0.1, -0.05) is 40.9 Å². The van der Waals surface area contributed by atoms with Crippen molar-refractivity contribution in [1.82, 2.24) is 10.6 Å². The molecule has 2 amide bonds. The summed E-state index contributed by atoms with van der Waals surface area (Å²) < 4.78 is 1.02. The first-order chi connectivity index (χ1) is 9.07. The van der Waals surface area contributed by atoms with E-state index in [-0.39, 0.29) is 6.03 Å². The van der Waals surface area contributed by atoms with Gasteiger partial charge in [0.1, 0.15) is 0 Å². The van der Waals surface area contributed by atoms with Gasteiger partial charge in [0, 0.05) is 17.6 Å². The number of urea groups is 1. The molecular weight excluding hydrogens is 308 g/mol. The Labute approximate surface area is 121 Å². The van der Waals surface area contributed by atoms with E-state index in [1.54, 1.807) is 0 Å². The second-order valence-electron chi connectivity index (χ2n) is 5.09. The summed E-state index contributed by atoms with van der Waals surface area (Å²) >= 11 is 3.37. The van der Waals surface area contributed by atoms with Crippen LogP contribution in [0.15, 0.2) is 28.7 Å². The molecule has 0 spiro atoms. The molecule has 19 heavy (non-hydrogen) atoms. The lowest BCUT2D eigenvalue weighted by Crippen LogP contribution is -2.44. The molecule has 1 aliphatic carbocycles. The van der Waals surface area contributed by atoms with Crippen LogP contribution in [-0.4, -0.2) is 23.3 Å². The number of hydrogen-bond donors (Lipinski definition) is 3. The molecule has 0 aliphatic heterocycles. The Kier molecular flexibility index (Phi) is 4.82. The SMILES string of the molecule is O=C(NCc1ccc(Br)cc1)NCC1(O)CCCC1. The highest BCUT2D eigenvalue weighted by Crippen LogP contribution is 2.28. The van der Waals surface area contributed by atoms with Gasteiger partial charge in [0.05, 0.1) is 5.60 Å². The quantitative estimate of drug-likeness (QED) is 0.796. The first-order valence-electron chi connectivity index (χ1n) is 6.56. The molecule has 0 bridgehead atoms. The maximum atomic E-state index is 11.6. The van der Waals surface area contributed by atoms with E-state index >= 15 is 0 Å². The van der Waals surface area contributed by atoms with Crippen molar-refractivity contribution in [2.45, 2.75) is 37.8 Å². The zero-order chi connectivity index (χ0) is 13.7. The van der Waals surface area contributed by atoms with Crippen LogP contribution in [0.2, 0.25) is 0 Å². The van der Waals surface area contributed by atoms with E-state index in [4.69, 9.17) is 0 Å². The van der Waals surface area contributed by atoms with Crippen LogP contribution < -0.4 is 10.6 Å². The van der Waals surface area contributed by atoms with Crippen LogP contribution in [-0.2, 0) is 6.54 Å². The van der Waals surface area contributed by atoms with Gasteiger partial charge in [0.15, 0.2) is 0 Å². The summed E-state index contributed by atoms with van der Waals surface area (Å²) in [5, 5.41) is 15.6. The number of nitrogens with one attached hydrogen (secondary N) is 2. The molecule has 1 saturated carbocycles. The number of carbonyl (C=O) groups excluding carboxylic acids is 1. The van der Waals surface area contributed by atoms with E-state index in [0.717, 1.165) is 35.7 Å². The number of benzene rings is 1. The van der Waals surface area contributed by atoms with Crippen molar-refractivity contribution in [3.63, 3.8) is 0 Å². The Bertz CT molecular complexity index is 428. The Balaban J connectivity index is 1.71. The van der Waals surface area contributed by atoms with Gasteiger partial charge < -0.3 is 15.7 Å². The Hall–Kier alpha value is -1.07. The van der Waals surface area contributed by atoms with E-state index in [0.29, 0.717) is 13.1 Å². The van der Waals surface area contributed by atoms with Gasteiger partial charge >= 0.3 is 6.03 Å². The van der Waals surface area contributed by atoms with Crippen molar-refractivity contribution in [3.8, 4) is 0 Å². The molecule has 104 valence electrons. The van der Waals surface area contributed by atoms with Crippen molar-refractivity contribution >= 4 is 22.0 Å². The molecule has 1 aliphatic rings. The summed E-state index contributed by atoms with van der Waals surface area (Å²) in [5.41, 5.74) is 0.340. The highest BCUT2D eigenvalue weighted by atomic mass is 79.9. The van der Waals surface area contributed by atoms with Gasteiger partial charge in [-0.15, -0.1) is 0 Å². The van der Waals surface area contributed by atoms with Crippen LogP contribution in [0.4, 0.5) is 4.79 Å². The summed E-state index contributed by atoms with van der Waals surface area (Å²) in [7, 11) is 0. The van der Waals surface area contributed by atoms with Gasteiger partial charge in [-0.05, 0) is 30.5 Å². The highest BCUT2D eigenvalue weighted by Gasteiger charge is 2.31. The highest BCUT2D eigenvalue weighted by molar-refractivity contribution is 9.10. The van der Waals surface area contributed by atoms with Gasteiger partial charge in [0.2, 0.25) is 0 Å². The molecule has 3 N–H and O–H groups in total. The summed E-state index contributed by atoms with van der Waals surface area (Å²) in [6, 6.07) is 7.55. The van der Waals surface area contributed by atoms with Gasteiger partial charge in [-0.25, -0.2) is 4.79 Å².